The molecule has 1 atom stereocenters. The summed E-state index contributed by atoms with van der Waals surface area (Å²) < 4.78 is 0. The van der Waals surface area contributed by atoms with Crippen molar-refractivity contribution in [2.24, 2.45) is 0 Å². The molecule has 33 heavy (non-hydrogen) atoms. The van der Waals surface area contributed by atoms with Crippen LogP contribution in [0.2, 0.25) is 0 Å². The molecule has 1 aromatic carbocycles. The average molecular weight is 448 g/mol. The second-order valence-electron chi connectivity index (χ2n) is 9.10. The largest absolute Gasteiger partial charge is 0.358 e. The predicted molar refractivity (Wildman–Crippen MR) is 127 cm³/mol. The maximum absolute atomic E-state index is 13.5. The van der Waals surface area contributed by atoms with Gasteiger partial charge < -0.3 is 15.1 Å². The molecule has 4 heterocycles. The number of hydrogen-bond acceptors (Lipinski definition) is 5. The number of anilines is 3. The molecule has 2 saturated heterocycles. The molecule has 0 radical (unpaired) electrons. The fourth-order valence-electron chi connectivity index (χ4n) is 5.02. The number of aryl methyl sites for hydroxylation is 1. The number of hydrogen-bond donors (Lipinski definition) is 1. The molecule has 3 amide bonds. The Bertz CT molecular complexity index is 1080. The van der Waals surface area contributed by atoms with E-state index in [9.17, 15) is 14.4 Å². The minimum absolute atomic E-state index is 0.0169. The number of pyridine rings is 1. The van der Waals surface area contributed by atoms with Crippen molar-refractivity contribution in [1.82, 2.24) is 9.88 Å². The van der Waals surface area contributed by atoms with E-state index in [1.54, 1.807) is 23.2 Å². The van der Waals surface area contributed by atoms with Gasteiger partial charge in [0, 0.05) is 31.4 Å². The lowest BCUT2D eigenvalue weighted by Crippen LogP contribution is -2.56. The van der Waals surface area contributed by atoms with E-state index in [1.165, 1.54) is 0 Å². The Morgan fingerprint density at radius 2 is 1.82 bits per heavy atom. The van der Waals surface area contributed by atoms with Gasteiger partial charge in [-0.2, -0.15) is 0 Å². The van der Waals surface area contributed by atoms with Crippen LogP contribution in [0.15, 0.2) is 36.5 Å². The zero-order chi connectivity index (χ0) is 22.9. The molecule has 172 valence electrons. The van der Waals surface area contributed by atoms with Crippen LogP contribution in [0.1, 0.15) is 48.0 Å². The Morgan fingerprint density at radius 3 is 2.58 bits per heavy atom. The Kier molecular flexibility index (Phi) is 5.74. The van der Waals surface area contributed by atoms with Crippen molar-refractivity contribution in [1.29, 1.82) is 0 Å². The smallest absolute Gasteiger partial charge is 0.253 e. The van der Waals surface area contributed by atoms with Gasteiger partial charge in [-0.05, 0) is 68.9 Å². The normalized spacial score (nSPS) is 19.8. The number of nitrogens with one attached hydrogen (secondary N) is 1. The van der Waals surface area contributed by atoms with E-state index < -0.39 is 0 Å². The summed E-state index contributed by atoms with van der Waals surface area (Å²) in [6.45, 7) is 4.14. The fourth-order valence-corrected chi connectivity index (χ4v) is 5.02. The molecule has 0 unspecified atom stereocenters. The van der Waals surface area contributed by atoms with Crippen LogP contribution in [0, 0.1) is 6.92 Å². The summed E-state index contributed by atoms with van der Waals surface area (Å²) in [4.78, 5) is 49.1. The first-order valence-electron chi connectivity index (χ1n) is 11.7. The van der Waals surface area contributed by atoms with Gasteiger partial charge >= 0.3 is 0 Å². The van der Waals surface area contributed by atoms with E-state index in [0.717, 1.165) is 63.0 Å². The monoisotopic (exact) mass is 447 g/mol. The molecule has 8 heteroatoms. The minimum Gasteiger partial charge on any atom is -0.358 e. The quantitative estimate of drug-likeness (QED) is 0.779. The maximum atomic E-state index is 13.5. The summed E-state index contributed by atoms with van der Waals surface area (Å²) in [6.07, 6.45) is 6.50. The SMILES string of the molecule is Cc1ccc(NC(=O)CN2C(=O)[C@@H]3CCCCN3c3ccc(C(=O)N4CCCC4)cc32)nc1. The van der Waals surface area contributed by atoms with Crippen molar-refractivity contribution in [3.8, 4) is 0 Å². The van der Waals surface area contributed by atoms with Crippen molar-refractivity contribution < 1.29 is 14.4 Å². The van der Waals surface area contributed by atoms with Gasteiger partial charge in [0.15, 0.2) is 0 Å². The maximum Gasteiger partial charge on any atom is 0.253 e. The first-order chi connectivity index (χ1) is 16.0. The number of likely N-dealkylation sites (tertiary alicyclic amines) is 1. The third kappa shape index (κ3) is 4.17. The lowest BCUT2D eigenvalue weighted by Gasteiger charge is -2.45. The van der Waals surface area contributed by atoms with Crippen molar-refractivity contribution in [2.45, 2.75) is 45.1 Å². The van der Waals surface area contributed by atoms with Gasteiger partial charge in [0.1, 0.15) is 18.4 Å². The first kappa shape index (κ1) is 21.4. The molecule has 8 nitrogen and oxygen atoms in total. The van der Waals surface area contributed by atoms with Gasteiger partial charge in [0.25, 0.3) is 5.91 Å². The predicted octanol–water partition coefficient (Wildman–Crippen LogP) is 2.97. The fraction of sp³-hybridized carbons (Fsp3) is 0.440. The van der Waals surface area contributed by atoms with Gasteiger partial charge in [-0.25, -0.2) is 4.98 Å². The number of nitrogens with zero attached hydrogens (tertiary/aromatic N) is 4. The van der Waals surface area contributed by atoms with E-state index in [4.69, 9.17) is 0 Å². The number of piperidine rings is 1. The molecule has 0 bridgehead atoms. The zero-order valence-electron chi connectivity index (χ0n) is 18.9. The lowest BCUT2D eigenvalue weighted by molar-refractivity contribution is -0.123. The van der Waals surface area contributed by atoms with Crippen LogP contribution in [0.3, 0.4) is 0 Å². The van der Waals surface area contributed by atoms with Crippen molar-refractivity contribution >= 4 is 34.9 Å². The molecule has 2 aromatic rings. The van der Waals surface area contributed by atoms with Crippen molar-refractivity contribution in [3.05, 3.63) is 47.7 Å². The molecular formula is C25H29N5O3. The van der Waals surface area contributed by atoms with Crippen LogP contribution in [0.4, 0.5) is 17.2 Å². The van der Waals surface area contributed by atoms with E-state index >= 15 is 0 Å². The van der Waals surface area contributed by atoms with Crippen LogP contribution in [0.25, 0.3) is 0 Å². The molecule has 0 aliphatic carbocycles. The van der Waals surface area contributed by atoms with E-state index in [-0.39, 0.29) is 30.3 Å². The molecule has 3 aliphatic rings. The number of aromatic nitrogens is 1. The summed E-state index contributed by atoms with van der Waals surface area (Å²) in [5.41, 5.74) is 3.11. The van der Waals surface area contributed by atoms with Crippen LogP contribution < -0.4 is 15.1 Å². The number of benzene rings is 1. The second-order valence-corrected chi connectivity index (χ2v) is 9.10. The highest BCUT2D eigenvalue weighted by Crippen LogP contribution is 2.40. The van der Waals surface area contributed by atoms with Gasteiger partial charge in [-0.3, -0.25) is 19.3 Å². The highest BCUT2D eigenvalue weighted by Gasteiger charge is 2.40. The van der Waals surface area contributed by atoms with Crippen LogP contribution in [-0.4, -0.2) is 59.8 Å². The summed E-state index contributed by atoms with van der Waals surface area (Å²) in [5.74, 6) is 0.0375. The van der Waals surface area contributed by atoms with E-state index in [2.05, 4.69) is 15.2 Å². The Labute approximate surface area is 193 Å². The standard InChI is InChI=1S/C25H29N5O3/c1-17-7-10-22(26-15-17)27-23(31)16-30-21-14-18(24(32)28-11-4-5-12-28)8-9-19(21)29-13-3-2-6-20(29)25(30)33/h7-10,14-15,20H,2-6,11-13,16H2,1H3,(H,26,27,31)/t20-/m0/s1. The summed E-state index contributed by atoms with van der Waals surface area (Å²) >= 11 is 0. The lowest BCUT2D eigenvalue weighted by atomic mass is 9.95. The number of rotatable bonds is 4. The van der Waals surface area contributed by atoms with Crippen LogP contribution in [-0.2, 0) is 9.59 Å². The highest BCUT2D eigenvalue weighted by molar-refractivity contribution is 6.11. The molecule has 1 N–H and O–H groups in total. The highest BCUT2D eigenvalue weighted by atomic mass is 16.2. The van der Waals surface area contributed by atoms with Crippen molar-refractivity contribution in [3.63, 3.8) is 0 Å². The molecule has 2 fully saturated rings. The van der Waals surface area contributed by atoms with E-state index in [0.29, 0.717) is 17.1 Å². The van der Waals surface area contributed by atoms with E-state index in [1.807, 2.05) is 30.0 Å². The third-order valence-electron chi connectivity index (χ3n) is 6.75. The minimum atomic E-state index is -0.314. The first-order valence-corrected chi connectivity index (χ1v) is 11.7. The number of fused-ring (bicyclic) bond motifs is 3. The van der Waals surface area contributed by atoms with Gasteiger partial charge in [0.2, 0.25) is 11.8 Å². The Balaban J connectivity index is 1.45. The van der Waals surface area contributed by atoms with Gasteiger partial charge in [0.05, 0.1) is 11.4 Å². The molecule has 1 aromatic heterocycles. The molecule has 5 rings (SSSR count). The summed E-state index contributed by atoms with van der Waals surface area (Å²) in [5, 5.41) is 2.79. The topological polar surface area (TPSA) is 85.8 Å². The van der Waals surface area contributed by atoms with Gasteiger partial charge in [-0.15, -0.1) is 0 Å². The molecule has 0 spiro atoms. The zero-order valence-corrected chi connectivity index (χ0v) is 18.9. The third-order valence-corrected chi connectivity index (χ3v) is 6.75. The summed E-state index contributed by atoms with van der Waals surface area (Å²) in [6, 6.07) is 8.94. The summed E-state index contributed by atoms with van der Waals surface area (Å²) in [7, 11) is 0. The number of amides is 3. The van der Waals surface area contributed by atoms with Gasteiger partial charge in [-0.1, -0.05) is 6.07 Å². The Hall–Kier alpha value is -3.42. The molecular weight excluding hydrogens is 418 g/mol. The molecule has 3 aliphatic heterocycles. The van der Waals surface area contributed by atoms with Crippen molar-refractivity contribution in [2.75, 3.05) is 41.3 Å². The van der Waals surface area contributed by atoms with Crippen LogP contribution in [0.5, 0.6) is 0 Å². The average Bonchev–Trinajstić information content (AvgIpc) is 3.37. The number of carbonyl (C=O) groups excluding carboxylic acids is 3. The van der Waals surface area contributed by atoms with Crippen LogP contribution >= 0.6 is 0 Å². The number of carbonyl (C=O) groups is 3. The second kappa shape index (κ2) is 8.84. The molecule has 0 saturated carbocycles. The Morgan fingerprint density at radius 1 is 1.03 bits per heavy atom.